The second-order valence-electron chi connectivity index (χ2n) is 5.51. The molecule has 0 N–H and O–H groups in total. The molecule has 1 aromatic rings. The highest BCUT2D eigenvalue weighted by Gasteiger charge is 2.28. The Morgan fingerprint density at radius 3 is 2.63 bits per heavy atom. The summed E-state index contributed by atoms with van der Waals surface area (Å²) in [5.74, 6) is 0.773. The molecule has 1 aliphatic rings. The third-order valence-corrected chi connectivity index (χ3v) is 5.13. The number of rotatable bonds is 6. The second-order valence-corrected chi connectivity index (χ2v) is 6.92. The highest BCUT2D eigenvalue weighted by atomic mass is 79.9. The van der Waals surface area contributed by atoms with Gasteiger partial charge in [-0.15, -0.1) is 11.6 Å². The number of aromatic nitrogens is 2. The molecule has 108 valence electrons. The summed E-state index contributed by atoms with van der Waals surface area (Å²) in [5.41, 5.74) is 2.46. The van der Waals surface area contributed by atoms with Crippen LogP contribution in [0.5, 0.6) is 0 Å². The second kappa shape index (κ2) is 6.59. The van der Waals surface area contributed by atoms with E-state index in [-0.39, 0.29) is 0 Å². The molecule has 5 heteroatoms. The lowest BCUT2D eigenvalue weighted by Crippen LogP contribution is -2.35. The summed E-state index contributed by atoms with van der Waals surface area (Å²) in [6.45, 7) is 7.30. The van der Waals surface area contributed by atoms with Crippen LogP contribution in [-0.2, 0) is 19.5 Å². The van der Waals surface area contributed by atoms with Crippen LogP contribution < -0.4 is 0 Å². The molecule has 2 rings (SSSR count). The van der Waals surface area contributed by atoms with Gasteiger partial charge in [-0.1, -0.05) is 6.92 Å². The largest absolute Gasteiger partial charge is 0.300 e. The van der Waals surface area contributed by atoms with Crippen molar-refractivity contribution in [2.45, 2.75) is 51.6 Å². The number of nitrogens with zero attached hydrogens (tertiary/aromatic N) is 3. The first-order valence-electron chi connectivity index (χ1n) is 7.11. The molecule has 0 aromatic carbocycles. The van der Waals surface area contributed by atoms with Crippen molar-refractivity contribution in [2.24, 2.45) is 5.92 Å². The van der Waals surface area contributed by atoms with Crippen molar-refractivity contribution in [2.75, 3.05) is 13.6 Å². The van der Waals surface area contributed by atoms with E-state index in [9.17, 15) is 0 Å². The number of hydrogen-bond donors (Lipinski definition) is 0. The highest BCUT2D eigenvalue weighted by molar-refractivity contribution is 9.10. The Bertz CT molecular complexity index is 427. The normalized spacial score (nSPS) is 22.8. The maximum Gasteiger partial charge on any atom is 0.0767 e. The average Bonchev–Trinajstić information content (AvgIpc) is 2.64. The number of hydrogen-bond acceptors (Lipinski definition) is 2. The van der Waals surface area contributed by atoms with E-state index < -0.39 is 0 Å². The lowest BCUT2D eigenvalue weighted by molar-refractivity contribution is 0.200. The van der Waals surface area contributed by atoms with E-state index in [1.165, 1.54) is 23.0 Å². The topological polar surface area (TPSA) is 21.1 Å². The minimum Gasteiger partial charge on any atom is -0.300 e. The standard InChI is InChI=1S/C14H23BrClN3/c1-4-12-14(15)13(19(5-2)17-12)9-18(3)8-10-6-11(16)7-10/h10-11H,4-9H2,1-3H3. The van der Waals surface area contributed by atoms with E-state index in [2.05, 4.69) is 51.5 Å². The van der Waals surface area contributed by atoms with Crippen molar-refractivity contribution >= 4 is 27.5 Å². The summed E-state index contributed by atoms with van der Waals surface area (Å²) < 4.78 is 3.30. The first kappa shape index (κ1) is 15.3. The van der Waals surface area contributed by atoms with Gasteiger partial charge in [0.2, 0.25) is 0 Å². The van der Waals surface area contributed by atoms with Gasteiger partial charge in [-0.05, 0) is 55.1 Å². The van der Waals surface area contributed by atoms with Gasteiger partial charge in [0.1, 0.15) is 0 Å². The van der Waals surface area contributed by atoms with Crippen molar-refractivity contribution in [1.29, 1.82) is 0 Å². The van der Waals surface area contributed by atoms with Crippen LogP contribution in [0, 0.1) is 5.92 Å². The molecule has 0 aliphatic heterocycles. The first-order valence-corrected chi connectivity index (χ1v) is 8.34. The Hall–Kier alpha value is -0.0600. The fourth-order valence-electron chi connectivity index (χ4n) is 2.73. The van der Waals surface area contributed by atoms with E-state index in [0.717, 1.165) is 37.7 Å². The summed E-state index contributed by atoms with van der Waals surface area (Å²) in [6, 6.07) is 0. The fourth-order valence-corrected chi connectivity index (χ4v) is 3.93. The van der Waals surface area contributed by atoms with Crippen molar-refractivity contribution in [3.63, 3.8) is 0 Å². The number of aryl methyl sites for hydroxylation is 2. The molecule has 0 spiro atoms. The smallest absolute Gasteiger partial charge is 0.0767 e. The lowest BCUT2D eigenvalue weighted by atomic mass is 9.84. The van der Waals surface area contributed by atoms with E-state index in [4.69, 9.17) is 11.6 Å². The Morgan fingerprint density at radius 1 is 1.42 bits per heavy atom. The van der Waals surface area contributed by atoms with Crippen LogP contribution in [0.4, 0.5) is 0 Å². The zero-order valence-electron chi connectivity index (χ0n) is 12.0. The van der Waals surface area contributed by atoms with Crippen LogP contribution in [-0.4, -0.2) is 33.6 Å². The predicted molar refractivity (Wildman–Crippen MR) is 83.7 cm³/mol. The maximum atomic E-state index is 6.04. The predicted octanol–water partition coefficient (Wildman–Crippen LogP) is 3.68. The van der Waals surface area contributed by atoms with Crippen molar-refractivity contribution in [3.8, 4) is 0 Å². The van der Waals surface area contributed by atoms with Gasteiger partial charge in [-0.25, -0.2) is 0 Å². The molecule has 0 radical (unpaired) electrons. The minimum atomic E-state index is 0.415. The molecule has 0 saturated heterocycles. The molecule has 0 atom stereocenters. The van der Waals surface area contributed by atoms with Gasteiger partial charge in [0.05, 0.1) is 15.9 Å². The van der Waals surface area contributed by atoms with Gasteiger partial charge in [0.15, 0.2) is 0 Å². The summed E-state index contributed by atoms with van der Waals surface area (Å²) in [7, 11) is 2.19. The summed E-state index contributed by atoms with van der Waals surface area (Å²) in [6.07, 6.45) is 3.31. The van der Waals surface area contributed by atoms with Crippen LogP contribution in [0.25, 0.3) is 0 Å². The van der Waals surface area contributed by atoms with E-state index in [1.807, 2.05) is 0 Å². The zero-order chi connectivity index (χ0) is 14.0. The van der Waals surface area contributed by atoms with Gasteiger partial charge in [-0.3, -0.25) is 4.68 Å². The van der Waals surface area contributed by atoms with E-state index in [0.29, 0.717) is 5.38 Å². The van der Waals surface area contributed by atoms with Gasteiger partial charge >= 0.3 is 0 Å². The minimum absolute atomic E-state index is 0.415. The molecule has 19 heavy (non-hydrogen) atoms. The third kappa shape index (κ3) is 3.53. The molecule has 1 saturated carbocycles. The Labute approximate surface area is 129 Å². The van der Waals surface area contributed by atoms with Gasteiger partial charge in [0.25, 0.3) is 0 Å². The molecular weight excluding hydrogens is 326 g/mol. The summed E-state index contributed by atoms with van der Waals surface area (Å²) in [5, 5.41) is 5.06. The maximum absolute atomic E-state index is 6.04. The SMILES string of the molecule is CCc1nn(CC)c(CN(C)CC2CC(Cl)C2)c1Br. The Kier molecular flexibility index (Phi) is 5.32. The lowest BCUT2D eigenvalue weighted by Gasteiger charge is -2.34. The van der Waals surface area contributed by atoms with E-state index in [1.54, 1.807) is 0 Å². The van der Waals surface area contributed by atoms with Crippen LogP contribution >= 0.6 is 27.5 Å². The Morgan fingerprint density at radius 2 is 2.11 bits per heavy atom. The monoisotopic (exact) mass is 347 g/mol. The zero-order valence-corrected chi connectivity index (χ0v) is 14.3. The molecule has 0 bridgehead atoms. The Balaban J connectivity index is 1.99. The molecule has 1 aromatic heterocycles. The van der Waals surface area contributed by atoms with Gasteiger partial charge in [-0.2, -0.15) is 5.10 Å². The highest BCUT2D eigenvalue weighted by Crippen LogP contribution is 2.32. The van der Waals surface area contributed by atoms with Crippen LogP contribution in [0.1, 0.15) is 38.1 Å². The fraction of sp³-hybridized carbons (Fsp3) is 0.786. The summed E-state index contributed by atoms with van der Waals surface area (Å²) in [4.78, 5) is 2.39. The van der Waals surface area contributed by atoms with Gasteiger partial charge < -0.3 is 4.90 Å². The van der Waals surface area contributed by atoms with Gasteiger partial charge in [0, 0.05) is 25.0 Å². The number of alkyl halides is 1. The molecule has 0 amide bonds. The summed E-state index contributed by atoms with van der Waals surface area (Å²) >= 11 is 9.75. The quantitative estimate of drug-likeness (QED) is 0.731. The first-order chi connectivity index (χ1) is 9.05. The third-order valence-electron chi connectivity index (χ3n) is 3.86. The molecule has 1 aliphatic carbocycles. The van der Waals surface area contributed by atoms with Crippen molar-refractivity contribution in [3.05, 3.63) is 15.9 Å². The molecule has 3 nitrogen and oxygen atoms in total. The van der Waals surface area contributed by atoms with E-state index >= 15 is 0 Å². The van der Waals surface area contributed by atoms with Crippen LogP contribution in [0.3, 0.4) is 0 Å². The van der Waals surface area contributed by atoms with Crippen molar-refractivity contribution < 1.29 is 0 Å². The molecular formula is C14H23BrClN3. The molecule has 1 fully saturated rings. The van der Waals surface area contributed by atoms with Crippen LogP contribution in [0.15, 0.2) is 4.47 Å². The van der Waals surface area contributed by atoms with Crippen molar-refractivity contribution in [1.82, 2.24) is 14.7 Å². The number of halogens is 2. The molecule has 1 heterocycles. The molecule has 0 unspecified atom stereocenters. The average molecular weight is 349 g/mol. The van der Waals surface area contributed by atoms with Crippen LogP contribution in [0.2, 0.25) is 0 Å².